The van der Waals surface area contributed by atoms with Crippen LogP contribution in [0.5, 0.6) is 0 Å². The Morgan fingerprint density at radius 2 is 1.83 bits per heavy atom. The highest BCUT2D eigenvalue weighted by Crippen LogP contribution is 2.32. The molecular weight excluding hydrogens is 417 g/mol. The van der Waals surface area contributed by atoms with Gasteiger partial charge in [0.2, 0.25) is 5.91 Å². The Bertz CT molecular complexity index is 1040. The second-order valence-corrected chi connectivity index (χ2v) is 7.48. The van der Waals surface area contributed by atoms with Crippen LogP contribution < -0.4 is 10.2 Å². The minimum Gasteiger partial charge on any atom is -0.324 e. The molecule has 2 aliphatic heterocycles. The first-order valence-electron chi connectivity index (χ1n) is 8.72. The minimum absolute atomic E-state index is 0.232. The third-order valence-corrected chi connectivity index (χ3v) is 5.45. The lowest BCUT2D eigenvalue weighted by Crippen LogP contribution is -2.43. The van der Waals surface area contributed by atoms with Crippen molar-refractivity contribution < 1.29 is 14.4 Å². The second-order valence-electron chi connectivity index (χ2n) is 6.64. The van der Waals surface area contributed by atoms with E-state index in [1.54, 1.807) is 49.4 Å². The van der Waals surface area contributed by atoms with Crippen molar-refractivity contribution in [2.24, 2.45) is 10.3 Å². The van der Waals surface area contributed by atoms with Crippen LogP contribution in [0.4, 0.5) is 11.4 Å². The summed E-state index contributed by atoms with van der Waals surface area (Å²) in [5, 5.41) is 12.8. The molecule has 0 aromatic heterocycles. The predicted molar refractivity (Wildman–Crippen MR) is 108 cm³/mol. The van der Waals surface area contributed by atoms with E-state index < -0.39 is 29.8 Å². The van der Waals surface area contributed by atoms with Crippen LogP contribution in [-0.4, -0.2) is 41.4 Å². The number of rotatable bonds is 4. The van der Waals surface area contributed by atoms with Crippen LogP contribution in [0.25, 0.3) is 0 Å². The smallest absolute Gasteiger partial charge is 0.263 e. The molecule has 2 aromatic carbocycles. The van der Waals surface area contributed by atoms with Crippen molar-refractivity contribution in [1.29, 1.82) is 0 Å². The first-order chi connectivity index (χ1) is 13.9. The topological polar surface area (TPSA) is 94.4 Å². The van der Waals surface area contributed by atoms with E-state index in [4.69, 9.17) is 23.2 Å². The maximum Gasteiger partial charge on any atom is 0.263 e. The van der Waals surface area contributed by atoms with E-state index >= 15 is 0 Å². The van der Waals surface area contributed by atoms with Gasteiger partial charge in [0.1, 0.15) is 6.54 Å². The van der Waals surface area contributed by atoms with Gasteiger partial charge in [0.15, 0.2) is 12.1 Å². The van der Waals surface area contributed by atoms with Gasteiger partial charge in [-0.15, -0.1) is 0 Å². The first kappa shape index (κ1) is 19.4. The first-order valence-corrected chi connectivity index (χ1v) is 9.48. The van der Waals surface area contributed by atoms with Crippen molar-refractivity contribution in [3.8, 4) is 0 Å². The zero-order valence-corrected chi connectivity index (χ0v) is 16.7. The van der Waals surface area contributed by atoms with Gasteiger partial charge in [0.25, 0.3) is 11.8 Å². The van der Waals surface area contributed by atoms with Crippen molar-refractivity contribution in [2.75, 3.05) is 16.8 Å². The van der Waals surface area contributed by atoms with E-state index in [9.17, 15) is 14.4 Å². The summed E-state index contributed by atoms with van der Waals surface area (Å²) in [7, 11) is 0. The molecule has 1 fully saturated rings. The van der Waals surface area contributed by atoms with Crippen LogP contribution in [0.1, 0.15) is 5.56 Å². The van der Waals surface area contributed by atoms with Crippen LogP contribution in [0.15, 0.2) is 52.8 Å². The molecule has 1 N–H and O–H groups in total. The van der Waals surface area contributed by atoms with E-state index in [1.807, 2.05) is 0 Å². The Morgan fingerprint density at radius 1 is 1.10 bits per heavy atom. The summed E-state index contributed by atoms with van der Waals surface area (Å²) in [6.45, 7) is 1.55. The van der Waals surface area contributed by atoms with E-state index in [2.05, 4.69) is 15.7 Å². The molecule has 10 heteroatoms. The Labute approximate surface area is 176 Å². The summed E-state index contributed by atoms with van der Waals surface area (Å²) < 4.78 is 0. The van der Waals surface area contributed by atoms with Crippen molar-refractivity contribution in [3.63, 3.8) is 0 Å². The van der Waals surface area contributed by atoms with Gasteiger partial charge in [-0.25, -0.2) is 4.90 Å². The molecular formula is C19H15Cl2N5O3. The number of hydrogen-bond donors (Lipinski definition) is 1. The summed E-state index contributed by atoms with van der Waals surface area (Å²) in [6, 6.07) is 9.57. The van der Waals surface area contributed by atoms with Gasteiger partial charge >= 0.3 is 0 Å². The molecule has 0 aliphatic carbocycles. The van der Waals surface area contributed by atoms with E-state index in [0.717, 1.165) is 10.5 Å². The van der Waals surface area contributed by atoms with Gasteiger partial charge in [-0.05, 0) is 48.9 Å². The van der Waals surface area contributed by atoms with Gasteiger partial charge in [0, 0.05) is 15.7 Å². The van der Waals surface area contributed by atoms with Crippen molar-refractivity contribution in [2.45, 2.75) is 19.0 Å². The Hall–Kier alpha value is -2.97. The summed E-state index contributed by atoms with van der Waals surface area (Å²) in [5.74, 6) is -1.38. The number of anilines is 2. The van der Waals surface area contributed by atoms with Crippen molar-refractivity contribution in [1.82, 2.24) is 5.01 Å². The van der Waals surface area contributed by atoms with E-state index in [0.29, 0.717) is 21.4 Å². The lowest BCUT2D eigenvalue weighted by atomic mass is 10.1. The average molecular weight is 432 g/mol. The lowest BCUT2D eigenvalue weighted by molar-refractivity contribution is -0.123. The molecule has 148 valence electrons. The number of imide groups is 1. The molecule has 2 unspecified atom stereocenters. The van der Waals surface area contributed by atoms with Crippen LogP contribution in [0, 0.1) is 6.92 Å². The maximum atomic E-state index is 12.9. The zero-order valence-electron chi connectivity index (χ0n) is 15.2. The standard InChI is InChI=1S/C19H15Cl2N5O3/c1-10-13(21)3-2-4-14(10)22-15(27)9-25-17-16(23-24-25)18(28)26(19(17)29)12-7-5-11(20)6-8-12/h2-8,16-17H,9H2,1H3,(H,22,27). The zero-order chi connectivity index (χ0) is 20.7. The quantitative estimate of drug-likeness (QED) is 0.751. The Morgan fingerprint density at radius 3 is 2.55 bits per heavy atom. The molecule has 0 bridgehead atoms. The Balaban J connectivity index is 1.49. The highest BCUT2D eigenvalue weighted by atomic mass is 35.5. The SMILES string of the molecule is Cc1c(Cl)cccc1NC(=O)CN1N=NC2C(=O)N(c3ccc(Cl)cc3)C(=O)C21. The summed E-state index contributed by atoms with van der Waals surface area (Å²) >= 11 is 11.9. The number of carbonyl (C=O) groups is 3. The monoisotopic (exact) mass is 431 g/mol. The molecule has 2 heterocycles. The van der Waals surface area contributed by atoms with Gasteiger partial charge in [0.05, 0.1) is 5.69 Å². The fraction of sp³-hybridized carbons (Fsp3) is 0.211. The summed E-state index contributed by atoms with van der Waals surface area (Å²) in [6.07, 6.45) is 0. The normalized spacial score (nSPS) is 20.4. The highest BCUT2D eigenvalue weighted by Gasteiger charge is 2.55. The molecule has 2 aromatic rings. The number of amides is 3. The lowest BCUT2D eigenvalue weighted by Gasteiger charge is -2.20. The predicted octanol–water partition coefficient (Wildman–Crippen LogP) is 3.23. The molecule has 3 amide bonds. The van der Waals surface area contributed by atoms with Gasteiger partial charge in [-0.1, -0.05) is 34.5 Å². The molecule has 0 radical (unpaired) electrons. The number of nitrogens with one attached hydrogen (secondary N) is 1. The third-order valence-electron chi connectivity index (χ3n) is 4.79. The number of halogens is 2. The molecule has 2 aliphatic rings. The van der Waals surface area contributed by atoms with Gasteiger partial charge in [-0.2, -0.15) is 5.11 Å². The molecule has 4 rings (SSSR count). The average Bonchev–Trinajstić information content (AvgIpc) is 3.20. The number of fused-ring (bicyclic) bond motifs is 1. The molecule has 0 saturated carbocycles. The third kappa shape index (κ3) is 3.45. The second kappa shape index (κ2) is 7.46. The van der Waals surface area contributed by atoms with E-state index in [-0.39, 0.29) is 6.54 Å². The van der Waals surface area contributed by atoms with Crippen LogP contribution >= 0.6 is 23.2 Å². The largest absolute Gasteiger partial charge is 0.324 e. The minimum atomic E-state index is -0.973. The summed E-state index contributed by atoms with van der Waals surface area (Å²) in [4.78, 5) is 39.1. The van der Waals surface area contributed by atoms with Crippen LogP contribution in [0.2, 0.25) is 10.0 Å². The molecule has 1 saturated heterocycles. The van der Waals surface area contributed by atoms with E-state index in [1.165, 1.54) is 5.01 Å². The number of benzene rings is 2. The van der Waals surface area contributed by atoms with Gasteiger partial charge in [-0.3, -0.25) is 19.4 Å². The van der Waals surface area contributed by atoms with Crippen molar-refractivity contribution in [3.05, 3.63) is 58.1 Å². The summed E-state index contributed by atoms with van der Waals surface area (Å²) in [5.41, 5.74) is 1.68. The highest BCUT2D eigenvalue weighted by molar-refractivity contribution is 6.32. The van der Waals surface area contributed by atoms with Gasteiger partial charge < -0.3 is 5.32 Å². The van der Waals surface area contributed by atoms with Crippen molar-refractivity contribution >= 4 is 52.3 Å². The van der Waals surface area contributed by atoms with Crippen LogP contribution in [0.3, 0.4) is 0 Å². The van der Waals surface area contributed by atoms with Crippen LogP contribution in [-0.2, 0) is 14.4 Å². The number of carbonyl (C=O) groups excluding carboxylic acids is 3. The molecule has 2 atom stereocenters. The number of nitrogens with zero attached hydrogens (tertiary/aromatic N) is 4. The fourth-order valence-electron chi connectivity index (χ4n) is 3.28. The number of hydrogen-bond acceptors (Lipinski definition) is 6. The Kier molecular flexibility index (Phi) is 4.97. The maximum absolute atomic E-state index is 12.9. The molecule has 0 spiro atoms. The fourth-order valence-corrected chi connectivity index (χ4v) is 3.58. The molecule has 8 nitrogen and oxygen atoms in total. The molecule has 29 heavy (non-hydrogen) atoms.